The highest BCUT2D eigenvalue weighted by atomic mass is 16.5. The lowest BCUT2D eigenvalue weighted by atomic mass is 9.98. The van der Waals surface area contributed by atoms with Crippen molar-refractivity contribution in [3.63, 3.8) is 0 Å². The van der Waals surface area contributed by atoms with E-state index < -0.39 is 0 Å². The quantitative estimate of drug-likeness (QED) is 0.454. The Kier molecular flexibility index (Phi) is 4.45. The maximum Gasteiger partial charge on any atom is 0.292 e. The van der Waals surface area contributed by atoms with E-state index in [9.17, 15) is 4.79 Å². The van der Waals surface area contributed by atoms with E-state index in [0.29, 0.717) is 17.9 Å². The van der Waals surface area contributed by atoms with Gasteiger partial charge in [-0.2, -0.15) is 4.99 Å². The minimum Gasteiger partial charge on any atom is -0.387 e. The molecule has 0 heterocycles. The molecule has 0 radical (unpaired) electrons. The Bertz CT molecular complexity index is 509. The highest BCUT2D eigenvalue weighted by Gasteiger charge is 2.15. The predicted octanol–water partition coefficient (Wildman–Crippen LogP) is 2.95. The number of benzene rings is 1. The van der Waals surface area contributed by atoms with Crippen LogP contribution in [0.1, 0.15) is 30.5 Å². The van der Waals surface area contributed by atoms with Gasteiger partial charge in [0.05, 0.1) is 5.69 Å². The first-order valence-corrected chi connectivity index (χ1v) is 5.48. The van der Waals surface area contributed by atoms with Crippen molar-refractivity contribution in [2.75, 3.05) is 0 Å². The fourth-order valence-corrected chi connectivity index (χ4v) is 1.90. The largest absolute Gasteiger partial charge is 0.387 e. The highest BCUT2D eigenvalue weighted by molar-refractivity contribution is 5.65. The first-order valence-electron chi connectivity index (χ1n) is 5.48. The van der Waals surface area contributed by atoms with Crippen LogP contribution in [0.5, 0.6) is 5.75 Å². The number of aliphatic imine (C=N–C) groups is 1. The van der Waals surface area contributed by atoms with Crippen LogP contribution < -0.4 is 4.74 Å². The summed E-state index contributed by atoms with van der Waals surface area (Å²) in [6, 6.07) is 1.89. The molecule has 0 spiro atoms. The van der Waals surface area contributed by atoms with Gasteiger partial charge in [-0.1, -0.05) is 19.9 Å². The van der Waals surface area contributed by atoms with Crippen molar-refractivity contribution < 1.29 is 9.53 Å². The monoisotopic (exact) mass is 230 g/mol. The summed E-state index contributed by atoms with van der Waals surface area (Å²) in [5.74, 6) is 0.501. The molecule has 0 aromatic heterocycles. The Morgan fingerprint density at radius 1 is 1.41 bits per heavy atom. The first-order chi connectivity index (χ1) is 8.19. The zero-order chi connectivity index (χ0) is 12.8. The molecule has 0 unspecified atom stereocenters. The lowest BCUT2D eigenvalue weighted by Gasteiger charge is -2.13. The van der Waals surface area contributed by atoms with Gasteiger partial charge in [-0.15, -0.1) is 5.26 Å². The first kappa shape index (κ1) is 13.0. The minimum atomic E-state index is 0.501. The van der Waals surface area contributed by atoms with Crippen LogP contribution in [0.15, 0.2) is 11.1 Å². The summed E-state index contributed by atoms with van der Waals surface area (Å²) in [5.41, 5.74) is 3.21. The Hall–Kier alpha value is -2.11. The average Bonchev–Trinajstić information content (AvgIpc) is 2.33. The maximum atomic E-state index is 10.5. The third-order valence-electron chi connectivity index (χ3n) is 2.65. The normalized spacial score (nSPS) is 9.29. The van der Waals surface area contributed by atoms with Gasteiger partial charge < -0.3 is 4.74 Å². The molecule has 0 amide bonds. The SMILES string of the molecule is CCc1cc(C)c(OC#N)c(CC)c1N=C=O. The maximum absolute atomic E-state index is 10.5. The molecule has 0 bridgehead atoms. The summed E-state index contributed by atoms with van der Waals surface area (Å²) in [6.07, 6.45) is 4.64. The van der Waals surface area contributed by atoms with E-state index in [0.717, 1.165) is 23.1 Å². The third-order valence-corrected chi connectivity index (χ3v) is 2.65. The summed E-state index contributed by atoms with van der Waals surface area (Å²) in [4.78, 5) is 14.2. The van der Waals surface area contributed by atoms with Crippen molar-refractivity contribution in [3.05, 3.63) is 22.8 Å². The molecule has 1 aromatic rings. The van der Waals surface area contributed by atoms with Gasteiger partial charge in [0.2, 0.25) is 6.08 Å². The summed E-state index contributed by atoms with van der Waals surface area (Å²) in [7, 11) is 0. The molecule has 88 valence electrons. The lowest BCUT2D eigenvalue weighted by Crippen LogP contribution is -1.97. The van der Waals surface area contributed by atoms with Crippen LogP contribution in [-0.4, -0.2) is 6.08 Å². The van der Waals surface area contributed by atoms with Crippen LogP contribution in [0, 0.1) is 18.4 Å². The summed E-state index contributed by atoms with van der Waals surface area (Å²) in [5, 5.41) is 8.63. The van der Waals surface area contributed by atoms with Gasteiger partial charge in [-0.25, -0.2) is 4.79 Å². The lowest BCUT2D eigenvalue weighted by molar-refractivity contribution is 0.496. The number of isocyanates is 1. The van der Waals surface area contributed by atoms with Gasteiger partial charge in [-0.05, 0) is 30.9 Å². The van der Waals surface area contributed by atoms with Crippen LogP contribution in [-0.2, 0) is 17.6 Å². The number of nitriles is 1. The molecule has 0 saturated carbocycles. The molecule has 4 nitrogen and oxygen atoms in total. The molecular formula is C13H14N2O2. The van der Waals surface area contributed by atoms with Crippen LogP contribution in [0.2, 0.25) is 0 Å². The Morgan fingerprint density at radius 3 is 2.59 bits per heavy atom. The molecule has 0 N–H and O–H groups in total. The molecule has 4 heteroatoms. The number of hydrogen-bond donors (Lipinski definition) is 0. The topological polar surface area (TPSA) is 62.4 Å². The van der Waals surface area contributed by atoms with Crippen LogP contribution in [0.25, 0.3) is 0 Å². The molecule has 0 saturated heterocycles. The Morgan fingerprint density at radius 2 is 2.12 bits per heavy atom. The van der Waals surface area contributed by atoms with E-state index in [1.807, 2.05) is 26.8 Å². The molecular weight excluding hydrogens is 216 g/mol. The van der Waals surface area contributed by atoms with Gasteiger partial charge >= 0.3 is 0 Å². The van der Waals surface area contributed by atoms with Gasteiger partial charge in [0.1, 0.15) is 0 Å². The molecule has 17 heavy (non-hydrogen) atoms. The van der Waals surface area contributed by atoms with Crippen molar-refractivity contribution in [2.24, 2.45) is 4.99 Å². The molecule has 1 aromatic carbocycles. The third kappa shape index (κ3) is 2.52. The summed E-state index contributed by atoms with van der Waals surface area (Å²) in [6.45, 7) is 5.80. The fraction of sp³-hybridized carbons (Fsp3) is 0.385. The predicted molar refractivity (Wildman–Crippen MR) is 64.0 cm³/mol. The number of aryl methyl sites for hydroxylation is 2. The van der Waals surface area contributed by atoms with E-state index in [2.05, 4.69) is 4.99 Å². The second-order valence-corrected chi connectivity index (χ2v) is 3.61. The molecule has 0 atom stereocenters. The molecule has 0 aliphatic rings. The zero-order valence-electron chi connectivity index (χ0n) is 10.2. The smallest absolute Gasteiger partial charge is 0.292 e. The second kappa shape index (κ2) is 5.83. The van der Waals surface area contributed by atoms with Gasteiger partial charge in [-0.3, -0.25) is 0 Å². The van der Waals surface area contributed by atoms with Gasteiger partial charge in [0.25, 0.3) is 6.26 Å². The van der Waals surface area contributed by atoms with E-state index in [1.165, 1.54) is 0 Å². The number of hydrogen-bond acceptors (Lipinski definition) is 4. The van der Waals surface area contributed by atoms with Crippen molar-refractivity contribution >= 4 is 11.8 Å². The highest BCUT2D eigenvalue weighted by Crippen LogP contribution is 2.36. The van der Waals surface area contributed by atoms with Crippen molar-refractivity contribution in [1.82, 2.24) is 0 Å². The minimum absolute atomic E-state index is 0.501. The van der Waals surface area contributed by atoms with Crippen LogP contribution in [0.4, 0.5) is 5.69 Å². The number of nitrogens with zero attached hydrogens (tertiary/aromatic N) is 2. The standard InChI is InChI=1S/C13H14N2O2/c1-4-10-6-9(3)13(17-7-14)11(5-2)12(10)15-8-16/h6H,4-5H2,1-3H3. The summed E-state index contributed by atoms with van der Waals surface area (Å²) < 4.78 is 4.96. The number of ether oxygens (including phenoxy) is 1. The molecule has 1 rings (SSSR count). The fourth-order valence-electron chi connectivity index (χ4n) is 1.90. The van der Waals surface area contributed by atoms with E-state index >= 15 is 0 Å². The second-order valence-electron chi connectivity index (χ2n) is 3.61. The molecule has 0 aliphatic heterocycles. The average molecular weight is 230 g/mol. The molecule has 0 aliphatic carbocycles. The van der Waals surface area contributed by atoms with Crippen LogP contribution in [0.3, 0.4) is 0 Å². The Balaban J connectivity index is 3.59. The van der Waals surface area contributed by atoms with E-state index in [4.69, 9.17) is 10.00 Å². The van der Waals surface area contributed by atoms with E-state index in [1.54, 1.807) is 12.3 Å². The summed E-state index contributed by atoms with van der Waals surface area (Å²) >= 11 is 0. The van der Waals surface area contributed by atoms with E-state index in [-0.39, 0.29) is 0 Å². The van der Waals surface area contributed by atoms with Crippen molar-refractivity contribution in [2.45, 2.75) is 33.6 Å². The number of rotatable bonds is 4. The van der Waals surface area contributed by atoms with Gasteiger partial charge in [0, 0.05) is 5.56 Å². The Labute approximate surface area is 101 Å². The van der Waals surface area contributed by atoms with Crippen molar-refractivity contribution in [1.29, 1.82) is 5.26 Å². The zero-order valence-corrected chi connectivity index (χ0v) is 10.2. The van der Waals surface area contributed by atoms with Crippen molar-refractivity contribution in [3.8, 4) is 12.0 Å². The van der Waals surface area contributed by atoms with Crippen LogP contribution >= 0.6 is 0 Å². The molecule has 0 fully saturated rings. The number of carbonyl (C=O) groups excluding carboxylic acids is 1. The van der Waals surface area contributed by atoms with Gasteiger partial charge in [0.15, 0.2) is 5.75 Å².